The fourth-order valence-corrected chi connectivity index (χ4v) is 6.63. The number of hydrogen-bond donors (Lipinski definition) is 2. The van der Waals surface area contributed by atoms with Gasteiger partial charge in [0.2, 0.25) is 0 Å². The first kappa shape index (κ1) is 22.8. The van der Waals surface area contributed by atoms with Gasteiger partial charge >= 0.3 is 0 Å². The minimum atomic E-state index is -0.533. The van der Waals surface area contributed by atoms with Crippen molar-refractivity contribution >= 4 is 0 Å². The molecule has 2 nitrogen and oxygen atoms in total. The average Bonchev–Trinajstić information content (AvgIpc) is 2.99. The van der Waals surface area contributed by atoms with E-state index in [2.05, 4.69) is 32.6 Å². The molecule has 3 aliphatic rings. The van der Waals surface area contributed by atoms with Gasteiger partial charge in [0, 0.05) is 0 Å². The van der Waals surface area contributed by atoms with E-state index in [-0.39, 0.29) is 6.10 Å². The van der Waals surface area contributed by atoms with E-state index in [0.717, 1.165) is 55.4 Å². The van der Waals surface area contributed by atoms with Gasteiger partial charge < -0.3 is 10.2 Å². The van der Waals surface area contributed by atoms with Crippen LogP contribution in [0.5, 0.6) is 0 Å². The largest absolute Gasteiger partial charge is 0.390 e. The Balaban J connectivity index is 1.65. The van der Waals surface area contributed by atoms with Crippen molar-refractivity contribution in [2.24, 2.45) is 23.2 Å². The second-order valence-electron chi connectivity index (χ2n) is 11.2. The van der Waals surface area contributed by atoms with Crippen LogP contribution in [0.2, 0.25) is 0 Å². The van der Waals surface area contributed by atoms with E-state index in [1.165, 1.54) is 44.1 Å². The summed E-state index contributed by atoms with van der Waals surface area (Å²) in [7, 11) is 0. The molecule has 0 aromatic rings. The predicted molar refractivity (Wildman–Crippen MR) is 123 cm³/mol. The Bertz CT molecular complexity index is 650. The quantitative estimate of drug-likeness (QED) is 0.485. The summed E-state index contributed by atoms with van der Waals surface area (Å²) < 4.78 is 0. The van der Waals surface area contributed by atoms with E-state index in [1.807, 2.05) is 13.8 Å². The van der Waals surface area contributed by atoms with Crippen molar-refractivity contribution in [3.8, 4) is 0 Å². The summed E-state index contributed by atoms with van der Waals surface area (Å²) in [5, 5.41) is 20.1. The average molecular weight is 401 g/mol. The third-order valence-electron chi connectivity index (χ3n) is 8.40. The maximum Gasteiger partial charge on any atom is 0.0784 e. The fourth-order valence-electron chi connectivity index (χ4n) is 6.63. The van der Waals surface area contributed by atoms with Crippen molar-refractivity contribution in [1.82, 2.24) is 0 Å². The molecule has 0 radical (unpaired) electrons. The van der Waals surface area contributed by atoms with Crippen LogP contribution in [0.1, 0.15) is 98.3 Å². The lowest BCUT2D eigenvalue weighted by Crippen LogP contribution is -2.36. The second kappa shape index (κ2) is 9.10. The van der Waals surface area contributed by atoms with Crippen LogP contribution in [-0.4, -0.2) is 21.9 Å². The van der Waals surface area contributed by atoms with E-state index in [1.54, 1.807) is 5.57 Å². The molecule has 1 unspecified atom stereocenters. The van der Waals surface area contributed by atoms with Gasteiger partial charge in [-0.3, -0.25) is 0 Å². The molecule has 3 aliphatic carbocycles. The molecule has 2 heteroatoms. The Hall–Kier alpha value is -0.860. The number of fused-ring (bicyclic) bond motifs is 1. The highest BCUT2D eigenvalue weighted by Gasteiger charge is 2.50. The van der Waals surface area contributed by atoms with Gasteiger partial charge in [0.25, 0.3) is 0 Å². The molecule has 3 saturated carbocycles. The minimum absolute atomic E-state index is 0.342. The Morgan fingerprint density at radius 3 is 2.66 bits per heavy atom. The molecule has 0 aromatic heterocycles. The van der Waals surface area contributed by atoms with Gasteiger partial charge in [-0.05, 0) is 100 Å². The van der Waals surface area contributed by atoms with Gasteiger partial charge in [-0.25, -0.2) is 0 Å². The molecular weight excluding hydrogens is 356 g/mol. The molecule has 0 aromatic carbocycles. The summed E-state index contributed by atoms with van der Waals surface area (Å²) in [5.74, 6) is 2.29. The Morgan fingerprint density at radius 1 is 1.21 bits per heavy atom. The molecule has 0 spiro atoms. The van der Waals surface area contributed by atoms with Gasteiger partial charge in [0.15, 0.2) is 0 Å². The lowest BCUT2D eigenvalue weighted by molar-refractivity contribution is 0.0596. The summed E-state index contributed by atoms with van der Waals surface area (Å²) in [6.07, 6.45) is 17.1. The molecule has 0 bridgehead atoms. The smallest absolute Gasteiger partial charge is 0.0784 e. The molecule has 0 amide bonds. The molecule has 5 atom stereocenters. The molecule has 29 heavy (non-hydrogen) atoms. The third kappa shape index (κ3) is 5.44. The number of hydrogen-bond acceptors (Lipinski definition) is 2. The maximum atomic E-state index is 10.1. The number of rotatable bonds is 6. The fraction of sp³-hybridized carbons (Fsp3) is 0.778. The Labute approximate surface area is 179 Å². The van der Waals surface area contributed by atoms with Crippen LogP contribution in [0, 0.1) is 23.2 Å². The maximum absolute atomic E-state index is 10.1. The molecule has 3 fully saturated rings. The van der Waals surface area contributed by atoms with Gasteiger partial charge in [-0.1, -0.05) is 56.6 Å². The van der Waals surface area contributed by atoms with Gasteiger partial charge in [-0.15, -0.1) is 0 Å². The van der Waals surface area contributed by atoms with Gasteiger partial charge in [-0.2, -0.15) is 0 Å². The van der Waals surface area contributed by atoms with Crippen LogP contribution in [0.4, 0.5) is 0 Å². The van der Waals surface area contributed by atoms with E-state index < -0.39 is 5.60 Å². The molecular formula is C27H44O2. The van der Waals surface area contributed by atoms with E-state index in [0.29, 0.717) is 5.41 Å². The monoisotopic (exact) mass is 400 g/mol. The Kier molecular flexibility index (Phi) is 7.16. The van der Waals surface area contributed by atoms with E-state index >= 15 is 0 Å². The molecule has 0 aliphatic heterocycles. The number of aliphatic hydroxyl groups excluding tert-OH is 1. The van der Waals surface area contributed by atoms with E-state index in [9.17, 15) is 10.2 Å². The standard InChI is InChI=1S/C27H44O2/c1-19(8-6-16-26(3,4)29)23-14-15-24-22(9-7-17-27(23,24)5)13-12-21-11-10-20(2)25(28)18-21/h12-13,19,23-25,28-29H,2,6-11,14-18H2,1,3-5H3/b21-12-,22-13+/t19-,23-,24+,25-,27?/m1/s1. The molecule has 3 rings (SSSR count). The number of allylic oxidation sites excluding steroid dienone is 3. The van der Waals surface area contributed by atoms with Crippen LogP contribution < -0.4 is 0 Å². The summed E-state index contributed by atoms with van der Waals surface area (Å²) in [6.45, 7) is 12.9. The second-order valence-corrected chi connectivity index (χ2v) is 11.2. The highest BCUT2D eigenvalue weighted by Crippen LogP contribution is 2.59. The van der Waals surface area contributed by atoms with Crippen molar-refractivity contribution in [2.45, 2.75) is 110 Å². The minimum Gasteiger partial charge on any atom is -0.390 e. The topological polar surface area (TPSA) is 40.5 Å². The van der Waals surface area contributed by atoms with Crippen LogP contribution in [0.3, 0.4) is 0 Å². The highest BCUT2D eigenvalue weighted by atomic mass is 16.3. The zero-order valence-electron chi connectivity index (χ0n) is 19.3. The zero-order chi connectivity index (χ0) is 21.2. The van der Waals surface area contributed by atoms with Crippen molar-refractivity contribution in [1.29, 1.82) is 0 Å². The SMILES string of the molecule is C=C1CC/C(=C/C=C2\CCCC3(C)[C@@H]([C@H](C)CCCC(C)(C)O)CC[C@@H]23)C[C@H]1O. The van der Waals surface area contributed by atoms with Crippen LogP contribution in [-0.2, 0) is 0 Å². The first-order chi connectivity index (χ1) is 13.6. The highest BCUT2D eigenvalue weighted by molar-refractivity contribution is 5.28. The van der Waals surface area contributed by atoms with E-state index in [4.69, 9.17) is 0 Å². The van der Waals surface area contributed by atoms with Crippen molar-refractivity contribution in [3.05, 3.63) is 35.5 Å². The molecule has 164 valence electrons. The lowest BCUT2D eigenvalue weighted by atomic mass is 9.60. The van der Waals surface area contributed by atoms with Crippen molar-refractivity contribution in [3.63, 3.8) is 0 Å². The van der Waals surface area contributed by atoms with Crippen molar-refractivity contribution < 1.29 is 10.2 Å². The van der Waals surface area contributed by atoms with Gasteiger partial charge in [0.05, 0.1) is 11.7 Å². The Morgan fingerprint density at radius 2 is 1.97 bits per heavy atom. The zero-order valence-corrected chi connectivity index (χ0v) is 19.3. The summed E-state index contributed by atoms with van der Waals surface area (Å²) in [5.41, 5.74) is 3.96. The first-order valence-electron chi connectivity index (χ1n) is 12.1. The van der Waals surface area contributed by atoms with Crippen LogP contribution in [0.15, 0.2) is 35.5 Å². The first-order valence-corrected chi connectivity index (χ1v) is 12.1. The number of aliphatic hydroxyl groups is 2. The third-order valence-corrected chi connectivity index (χ3v) is 8.40. The van der Waals surface area contributed by atoms with Crippen molar-refractivity contribution in [2.75, 3.05) is 0 Å². The molecule has 0 saturated heterocycles. The molecule has 0 heterocycles. The lowest BCUT2D eigenvalue weighted by Gasteiger charge is -2.44. The predicted octanol–water partition coefficient (Wildman–Crippen LogP) is 6.73. The normalized spacial score (nSPS) is 37.2. The summed E-state index contributed by atoms with van der Waals surface area (Å²) in [4.78, 5) is 0. The molecule has 2 N–H and O–H groups in total. The van der Waals surface area contributed by atoms with Crippen LogP contribution >= 0.6 is 0 Å². The van der Waals surface area contributed by atoms with Crippen LogP contribution in [0.25, 0.3) is 0 Å². The summed E-state index contributed by atoms with van der Waals surface area (Å²) in [6, 6.07) is 0. The van der Waals surface area contributed by atoms with Gasteiger partial charge in [0.1, 0.15) is 0 Å². The summed E-state index contributed by atoms with van der Waals surface area (Å²) >= 11 is 0.